The van der Waals surface area contributed by atoms with Gasteiger partial charge in [-0.05, 0) is 12.1 Å². The zero-order chi connectivity index (χ0) is 19.8. The molecular weight excluding hydrogens is 362 g/mol. The van der Waals surface area contributed by atoms with Crippen molar-refractivity contribution in [3.8, 4) is 0 Å². The van der Waals surface area contributed by atoms with Crippen molar-refractivity contribution >= 4 is 5.69 Å². The van der Waals surface area contributed by atoms with E-state index in [4.69, 9.17) is 6.57 Å². The second-order valence-corrected chi connectivity index (χ2v) is 6.22. The summed E-state index contributed by atoms with van der Waals surface area (Å²) in [7, 11) is 0. The molecule has 1 rings (SSSR count). The third-order valence-corrected chi connectivity index (χ3v) is 3.54. The molecule has 0 radical (unpaired) electrons. The summed E-state index contributed by atoms with van der Waals surface area (Å²) in [5.41, 5.74) is -8.79. The van der Waals surface area contributed by atoms with Crippen molar-refractivity contribution in [3.05, 3.63) is 40.7 Å². The molecule has 2 nitrogen and oxygen atoms in total. The molecule has 0 aliphatic heterocycles. The lowest BCUT2D eigenvalue weighted by atomic mass is 9.75. The second kappa shape index (κ2) is 6.44. The summed E-state index contributed by atoms with van der Waals surface area (Å²) in [4.78, 5) is 2.73. The molecule has 0 aliphatic rings. The van der Waals surface area contributed by atoms with Crippen LogP contribution in [0.15, 0.2) is 12.1 Å². The first-order valence-electron chi connectivity index (χ1n) is 6.71. The van der Waals surface area contributed by atoms with Crippen LogP contribution < -0.4 is 0 Å². The van der Waals surface area contributed by atoms with E-state index in [-0.39, 0.29) is 0 Å². The number of alkyl halides is 6. The van der Waals surface area contributed by atoms with Crippen LogP contribution in [0, 0.1) is 23.6 Å². The van der Waals surface area contributed by atoms with Gasteiger partial charge >= 0.3 is 12.4 Å². The molecule has 140 valence electrons. The molecule has 0 aromatic heterocycles. The van der Waals surface area contributed by atoms with E-state index in [9.17, 15) is 35.1 Å². The Labute approximate surface area is 138 Å². The van der Waals surface area contributed by atoms with Crippen LogP contribution in [0.5, 0.6) is 0 Å². The number of ether oxygens (including phenoxy) is 1. The first-order chi connectivity index (χ1) is 11.1. The molecule has 10 heteroatoms. The van der Waals surface area contributed by atoms with E-state index in [1.807, 2.05) is 0 Å². The van der Waals surface area contributed by atoms with Crippen LogP contribution in [0.3, 0.4) is 0 Å². The Morgan fingerprint density at radius 2 is 1.32 bits per heavy atom. The summed E-state index contributed by atoms with van der Waals surface area (Å²) < 4.78 is 112. The van der Waals surface area contributed by atoms with Crippen LogP contribution in [0.4, 0.5) is 40.8 Å². The molecule has 0 saturated carbocycles. The number of rotatable bonds is 3. The number of hydrogen-bond donors (Lipinski definition) is 0. The number of halogens is 8. The number of benzene rings is 1. The lowest BCUT2D eigenvalue weighted by molar-refractivity contribution is -0.413. The molecule has 0 unspecified atom stereocenters. The van der Waals surface area contributed by atoms with E-state index in [1.54, 1.807) is 0 Å². The van der Waals surface area contributed by atoms with Crippen LogP contribution in [0.2, 0.25) is 0 Å². The average molecular weight is 375 g/mol. The quantitative estimate of drug-likeness (QED) is 0.471. The van der Waals surface area contributed by atoms with E-state index >= 15 is 0 Å². The fourth-order valence-electron chi connectivity index (χ4n) is 2.36. The molecule has 0 saturated heterocycles. The predicted octanol–water partition coefficient (Wildman–Crippen LogP) is 5.94. The van der Waals surface area contributed by atoms with E-state index in [1.165, 1.54) is 0 Å². The van der Waals surface area contributed by atoms with Crippen LogP contribution in [-0.2, 0) is 11.3 Å². The Morgan fingerprint density at radius 3 is 1.60 bits per heavy atom. The molecule has 1 aromatic rings. The molecule has 25 heavy (non-hydrogen) atoms. The normalized spacial score (nSPS) is 13.7. The number of nitrogens with zero attached hydrogens (tertiary/aromatic N) is 1. The summed E-state index contributed by atoms with van der Waals surface area (Å²) in [6.45, 7) is 6.96. The highest BCUT2D eigenvalue weighted by atomic mass is 19.4. The summed E-state index contributed by atoms with van der Waals surface area (Å²) in [5, 5.41) is 0. The first-order valence-corrected chi connectivity index (χ1v) is 6.71. The maximum atomic E-state index is 13.7. The van der Waals surface area contributed by atoms with Crippen molar-refractivity contribution in [1.29, 1.82) is 0 Å². The minimum absolute atomic E-state index is 0.493. The van der Waals surface area contributed by atoms with Gasteiger partial charge in [0, 0.05) is 11.0 Å². The van der Waals surface area contributed by atoms with Gasteiger partial charge < -0.3 is 4.74 Å². The molecule has 0 heterocycles. The van der Waals surface area contributed by atoms with Crippen LogP contribution in [0.25, 0.3) is 4.85 Å². The summed E-state index contributed by atoms with van der Waals surface area (Å²) in [6.07, 6.45) is -11.8. The predicted molar refractivity (Wildman–Crippen MR) is 71.7 cm³/mol. The van der Waals surface area contributed by atoms with Crippen LogP contribution in [0.1, 0.15) is 26.3 Å². The zero-order valence-electron chi connectivity index (χ0n) is 13.2. The fourth-order valence-corrected chi connectivity index (χ4v) is 2.36. The van der Waals surface area contributed by atoms with Gasteiger partial charge in [0.25, 0.3) is 5.60 Å². The minimum atomic E-state index is -5.90. The Balaban J connectivity index is 3.43. The van der Waals surface area contributed by atoms with Crippen molar-refractivity contribution in [3.63, 3.8) is 0 Å². The van der Waals surface area contributed by atoms with Gasteiger partial charge in [-0.2, -0.15) is 26.3 Å². The molecule has 0 atom stereocenters. The van der Waals surface area contributed by atoms with E-state index in [0.29, 0.717) is 32.9 Å². The highest BCUT2D eigenvalue weighted by Gasteiger charge is 2.77. The van der Waals surface area contributed by atoms with Crippen molar-refractivity contribution < 1.29 is 39.9 Å². The monoisotopic (exact) mass is 375 g/mol. The first kappa shape index (κ1) is 21.2. The Bertz CT molecular complexity index is 620. The summed E-state index contributed by atoms with van der Waals surface area (Å²) in [6, 6.07) is 0.990. The zero-order valence-corrected chi connectivity index (χ0v) is 13.2. The molecule has 0 N–H and O–H groups in total. The highest BCUT2D eigenvalue weighted by molar-refractivity contribution is 5.46. The third-order valence-electron chi connectivity index (χ3n) is 3.54. The van der Waals surface area contributed by atoms with Crippen molar-refractivity contribution in [2.24, 2.45) is 5.41 Å². The van der Waals surface area contributed by atoms with Gasteiger partial charge in [-0.15, -0.1) is 0 Å². The van der Waals surface area contributed by atoms with Crippen molar-refractivity contribution in [2.45, 2.75) is 45.3 Å². The van der Waals surface area contributed by atoms with Crippen molar-refractivity contribution in [2.75, 3.05) is 0 Å². The third kappa shape index (κ3) is 3.71. The fraction of sp³-hybridized carbons (Fsp3) is 0.533. The van der Waals surface area contributed by atoms with E-state index in [0.717, 1.165) is 0 Å². The Kier molecular flexibility index (Phi) is 5.45. The molecule has 0 fully saturated rings. The van der Waals surface area contributed by atoms with Gasteiger partial charge in [-0.25, -0.2) is 13.6 Å². The highest BCUT2D eigenvalue weighted by Crippen LogP contribution is 2.55. The molecule has 0 spiro atoms. The number of hydrogen-bond acceptors (Lipinski definition) is 1. The van der Waals surface area contributed by atoms with Crippen molar-refractivity contribution in [1.82, 2.24) is 0 Å². The maximum Gasteiger partial charge on any atom is 0.427 e. The van der Waals surface area contributed by atoms with Gasteiger partial charge in [-0.1, -0.05) is 20.8 Å². The summed E-state index contributed by atoms with van der Waals surface area (Å²) in [5.74, 6) is -2.95. The minimum Gasteiger partial charge on any atom is -0.353 e. The molecule has 0 amide bonds. The molecule has 0 aliphatic carbocycles. The van der Waals surface area contributed by atoms with E-state index in [2.05, 4.69) is 9.58 Å². The van der Waals surface area contributed by atoms with Gasteiger partial charge in [0.2, 0.25) is 0 Å². The van der Waals surface area contributed by atoms with Crippen LogP contribution >= 0.6 is 0 Å². The van der Waals surface area contributed by atoms with Gasteiger partial charge in [0.05, 0.1) is 13.2 Å². The van der Waals surface area contributed by atoms with Gasteiger partial charge in [0.1, 0.15) is 11.6 Å². The smallest absolute Gasteiger partial charge is 0.353 e. The average Bonchev–Trinajstić information content (AvgIpc) is 2.36. The standard InChI is InChI=1S/C15H13F8NO/c1-12(2,3)13(14(18,19)20,15(21,22)23)25-7-9-10(16)5-8(24-4)6-11(9)17/h5-6H,7H2,1-3H3. The SMILES string of the molecule is [C-]#[N+]c1cc(F)c(COC(C(C)(C)C)(C(F)(F)F)C(F)(F)F)c(F)c1. The van der Waals surface area contributed by atoms with E-state index < -0.39 is 52.9 Å². The molecule has 1 aromatic carbocycles. The lowest BCUT2D eigenvalue weighted by Gasteiger charge is -2.45. The lowest BCUT2D eigenvalue weighted by Crippen LogP contribution is -2.66. The summed E-state index contributed by atoms with van der Waals surface area (Å²) >= 11 is 0. The Hall–Kier alpha value is -1.89. The second-order valence-electron chi connectivity index (χ2n) is 6.22. The largest absolute Gasteiger partial charge is 0.427 e. The van der Waals surface area contributed by atoms with Gasteiger partial charge in [-0.3, -0.25) is 0 Å². The molecular formula is C15H13F8NO. The van der Waals surface area contributed by atoms with Gasteiger partial charge in [0.15, 0.2) is 5.69 Å². The Morgan fingerprint density at radius 1 is 0.920 bits per heavy atom. The maximum absolute atomic E-state index is 13.7. The topological polar surface area (TPSA) is 13.6 Å². The molecule has 0 bridgehead atoms. The van der Waals surface area contributed by atoms with Crippen LogP contribution in [-0.4, -0.2) is 18.0 Å².